The molecule has 24 heavy (non-hydrogen) atoms. The fourth-order valence-electron chi connectivity index (χ4n) is 2.78. The van der Waals surface area contributed by atoms with Gasteiger partial charge in [0.2, 0.25) is 11.9 Å². The number of benzene rings is 2. The molecule has 0 saturated carbocycles. The lowest BCUT2D eigenvalue weighted by Gasteiger charge is -2.28. The monoisotopic (exact) mass is 319 g/mol. The van der Waals surface area contributed by atoms with Crippen molar-refractivity contribution in [2.45, 2.75) is 0 Å². The normalized spacial score (nSPS) is 14.5. The molecule has 6 heteroatoms. The van der Waals surface area contributed by atoms with Gasteiger partial charge in [0.05, 0.1) is 12.1 Å². The van der Waals surface area contributed by atoms with Crippen LogP contribution >= 0.6 is 0 Å². The van der Waals surface area contributed by atoms with E-state index < -0.39 is 0 Å². The van der Waals surface area contributed by atoms with Crippen molar-refractivity contribution >= 4 is 34.1 Å². The molecular weight excluding hydrogens is 302 g/mol. The number of hydrogen-bond acceptors (Lipinski definition) is 5. The Kier molecular flexibility index (Phi) is 3.70. The predicted octanol–water partition coefficient (Wildman–Crippen LogP) is 2.31. The maximum Gasteiger partial charge on any atom is 0.239 e. The highest BCUT2D eigenvalue weighted by molar-refractivity contribution is 5.83. The van der Waals surface area contributed by atoms with Crippen LogP contribution in [0.25, 0.3) is 10.9 Å². The number of nitrogens with zero attached hydrogens (tertiary/aromatic N) is 3. The number of anilines is 3. The second-order valence-corrected chi connectivity index (χ2v) is 5.70. The number of piperazine rings is 1. The molecule has 0 bridgehead atoms. The lowest BCUT2D eigenvalue weighted by atomic mass is 10.2. The zero-order valence-corrected chi connectivity index (χ0v) is 13.1. The summed E-state index contributed by atoms with van der Waals surface area (Å²) < 4.78 is 0. The van der Waals surface area contributed by atoms with Gasteiger partial charge in [0.25, 0.3) is 0 Å². The number of nitrogens with one attached hydrogen (secondary N) is 2. The minimum Gasteiger partial charge on any atom is -0.360 e. The van der Waals surface area contributed by atoms with Gasteiger partial charge in [-0.3, -0.25) is 4.79 Å². The van der Waals surface area contributed by atoms with Crippen LogP contribution in [0, 0.1) is 0 Å². The third-order valence-electron chi connectivity index (χ3n) is 4.02. The number of carbonyl (C=O) groups excluding carboxylic acids is 1. The van der Waals surface area contributed by atoms with E-state index in [4.69, 9.17) is 0 Å². The summed E-state index contributed by atoms with van der Waals surface area (Å²) in [5.41, 5.74) is 2.86. The highest BCUT2D eigenvalue weighted by Crippen LogP contribution is 2.21. The van der Waals surface area contributed by atoms with Crippen LogP contribution in [0.3, 0.4) is 0 Å². The molecule has 1 amide bonds. The molecule has 1 aliphatic heterocycles. The van der Waals surface area contributed by atoms with Gasteiger partial charge in [-0.1, -0.05) is 18.2 Å². The van der Waals surface area contributed by atoms with Crippen LogP contribution in [0.4, 0.5) is 17.3 Å². The number of amides is 1. The summed E-state index contributed by atoms with van der Waals surface area (Å²) >= 11 is 0. The van der Waals surface area contributed by atoms with Crippen LogP contribution in [0.5, 0.6) is 0 Å². The van der Waals surface area contributed by atoms with Crippen molar-refractivity contribution in [2.24, 2.45) is 0 Å². The molecule has 2 N–H and O–H groups in total. The van der Waals surface area contributed by atoms with E-state index in [1.165, 1.54) is 0 Å². The fraction of sp³-hybridized carbons (Fsp3) is 0.167. The Labute approximate surface area is 139 Å². The maximum absolute atomic E-state index is 11.5. The van der Waals surface area contributed by atoms with Gasteiger partial charge in [-0.15, -0.1) is 0 Å². The quantitative estimate of drug-likeness (QED) is 0.775. The van der Waals surface area contributed by atoms with Crippen LogP contribution < -0.4 is 15.5 Å². The molecule has 4 rings (SSSR count). The smallest absolute Gasteiger partial charge is 0.239 e. The molecule has 0 aliphatic carbocycles. The van der Waals surface area contributed by atoms with E-state index in [-0.39, 0.29) is 5.91 Å². The molecule has 3 aromatic rings. The number of rotatable bonds is 3. The van der Waals surface area contributed by atoms with Crippen LogP contribution in [0.1, 0.15) is 0 Å². The van der Waals surface area contributed by atoms with Gasteiger partial charge in [-0.2, -0.15) is 0 Å². The molecule has 120 valence electrons. The van der Waals surface area contributed by atoms with Crippen molar-refractivity contribution in [3.63, 3.8) is 0 Å². The van der Waals surface area contributed by atoms with Gasteiger partial charge in [0.1, 0.15) is 0 Å². The van der Waals surface area contributed by atoms with E-state index >= 15 is 0 Å². The van der Waals surface area contributed by atoms with Crippen molar-refractivity contribution in [1.29, 1.82) is 0 Å². The van der Waals surface area contributed by atoms with Crippen molar-refractivity contribution in [1.82, 2.24) is 15.3 Å². The van der Waals surface area contributed by atoms with E-state index in [9.17, 15) is 4.79 Å². The Morgan fingerprint density at radius 3 is 2.75 bits per heavy atom. The lowest BCUT2D eigenvalue weighted by Crippen LogP contribution is -2.47. The fourth-order valence-corrected chi connectivity index (χ4v) is 2.78. The van der Waals surface area contributed by atoms with E-state index in [1.54, 1.807) is 0 Å². The molecule has 2 heterocycles. The molecule has 0 spiro atoms. The number of carbonyl (C=O) groups is 1. The zero-order chi connectivity index (χ0) is 16.4. The first-order valence-electron chi connectivity index (χ1n) is 7.88. The van der Waals surface area contributed by atoms with Crippen LogP contribution in [-0.4, -0.2) is 35.5 Å². The molecule has 0 atom stereocenters. The third kappa shape index (κ3) is 2.99. The van der Waals surface area contributed by atoms with Crippen LogP contribution in [0.15, 0.2) is 54.7 Å². The van der Waals surface area contributed by atoms with Gasteiger partial charge in [0, 0.05) is 36.0 Å². The number of hydrogen-bond donors (Lipinski definition) is 2. The molecule has 1 aliphatic rings. The summed E-state index contributed by atoms with van der Waals surface area (Å²) in [4.78, 5) is 22.4. The van der Waals surface area contributed by atoms with Crippen molar-refractivity contribution in [3.8, 4) is 0 Å². The molecule has 2 aromatic carbocycles. The first-order chi connectivity index (χ1) is 11.8. The van der Waals surface area contributed by atoms with Gasteiger partial charge in [-0.25, -0.2) is 9.97 Å². The van der Waals surface area contributed by atoms with Crippen LogP contribution in [-0.2, 0) is 4.79 Å². The third-order valence-corrected chi connectivity index (χ3v) is 4.02. The number of para-hydroxylation sites is 1. The van der Waals surface area contributed by atoms with E-state index in [2.05, 4.69) is 25.5 Å². The van der Waals surface area contributed by atoms with E-state index in [0.717, 1.165) is 28.8 Å². The minimum atomic E-state index is 0.0630. The van der Waals surface area contributed by atoms with Gasteiger partial charge in [0.15, 0.2) is 0 Å². The van der Waals surface area contributed by atoms with E-state index in [0.29, 0.717) is 19.0 Å². The largest absolute Gasteiger partial charge is 0.360 e. The van der Waals surface area contributed by atoms with Crippen molar-refractivity contribution in [3.05, 3.63) is 54.7 Å². The molecule has 1 fully saturated rings. The summed E-state index contributed by atoms with van der Waals surface area (Å²) in [5, 5.41) is 7.06. The van der Waals surface area contributed by atoms with Crippen LogP contribution in [0.2, 0.25) is 0 Å². The minimum absolute atomic E-state index is 0.0630. The molecule has 6 nitrogen and oxygen atoms in total. The number of fused-ring (bicyclic) bond motifs is 1. The highest BCUT2D eigenvalue weighted by Gasteiger charge is 2.16. The topological polar surface area (TPSA) is 70.2 Å². The Morgan fingerprint density at radius 2 is 1.92 bits per heavy atom. The molecule has 1 saturated heterocycles. The molecule has 0 radical (unpaired) electrons. The first-order valence-corrected chi connectivity index (χ1v) is 7.88. The Balaban J connectivity index is 1.51. The Bertz CT molecular complexity index is 878. The summed E-state index contributed by atoms with van der Waals surface area (Å²) in [6.45, 7) is 1.91. The van der Waals surface area contributed by atoms with Gasteiger partial charge >= 0.3 is 0 Å². The predicted molar refractivity (Wildman–Crippen MR) is 94.5 cm³/mol. The second-order valence-electron chi connectivity index (χ2n) is 5.70. The summed E-state index contributed by atoms with van der Waals surface area (Å²) in [6.07, 6.45) is 1.81. The summed E-state index contributed by atoms with van der Waals surface area (Å²) in [6, 6.07) is 15.8. The standard InChI is InChI=1S/C18H17N5O/c24-17-12-23(10-9-19-17)15-7-5-14(6-8-15)21-18-20-11-13-3-1-2-4-16(13)22-18/h1-8,11H,9-10,12H2,(H,19,24)(H,20,21,22). The molecule has 1 aromatic heterocycles. The Morgan fingerprint density at radius 1 is 1.08 bits per heavy atom. The second kappa shape index (κ2) is 6.16. The average Bonchev–Trinajstić information content (AvgIpc) is 2.62. The van der Waals surface area contributed by atoms with Crippen molar-refractivity contribution in [2.75, 3.05) is 29.9 Å². The van der Waals surface area contributed by atoms with Gasteiger partial charge < -0.3 is 15.5 Å². The average molecular weight is 319 g/mol. The molecular formula is C18H17N5O. The Hall–Kier alpha value is -3.15. The van der Waals surface area contributed by atoms with E-state index in [1.807, 2.05) is 54.7 Å². The number of aromatic nitrogens is 2. The summed E-state index contributed by atoms with van der Waals surface area (Å²) in [5.74, 6) is 0.631. The van der Waals surface area contributed by atoms with Crippen molar-refractivity contribution < 1.29 is 4.79 Å². The lowest BCUT2D eigenvalue weighted by molar-refractivity contribution is -0.120. The molecule has 0 unspecified atom stereocenters. The summed E-state index contributed by atoms with van der Waals surface area (Å²) in [7, 11) is 0. The SMILES string of the molecule is O=C1CN(c2ccc(Nc3ncc4ccccc4n3)cc2)CCN1. The van der Waals surface area contributed by atoms with Gasteiger partial charge in [-0.05, 0) is 30.3 Å². The first kappa shape index (κ1) is 14.4. The zero-order valence-electron chi connectivity index (χ0n) is 13.1. The maximum atomic E-state index is 11.5. The highest BCUT2D eigenvalue weighted by atomic mass is 16.2.